The fourth-order valence-corrected chi connectivity index (χ4v) is 2.85. The smallest absolute Gasteiger partial charge is 0.121 e. The molecule has 1 aromatic rings. The minimum absolute atomic E-state index is 0.537. The minimum atomic E-state index is 0.537. The Bertz CT molecular complexity index is 470. The van der Waals surface area contributed by atoms with Gasteiger partial charge in [0.25, 0.3) is 0 Å². The first-order valence-electron chi connectivity index (χ1n) is 6.96. The molecule has 0 bridgehead atoms. The quantitative estimate of drug-likeness (QED) is 0.831. The van der Waals surface area contributed by atoms with E-state index in [-0.39, 0.29) is 0 Å². The summed E-state index contributed by atoms with van der Waals surface area (Å²) >= 11 is 0. The van der Waals surface area contributed by atoms with Gasteiger partial charge in [-0.3, -0.25) is 0 Å². The van der Waals surface area contributed by atoms with Crippen LogP contribution < -0.4 is 9.64 Å². The fourth-order valence-electron chi connectivity index (χ4n) is 2.85. The third-order valence-corrected chi connectivity index (χ3v) is 4.24. The highest BCUT2D eigenvalue weighted by molar-refractivity contribution is 5.62. The van der Waals surface area contributed by atoms with Crippen molar-refractivity contribution in [1.29, 1.82) is 5.26 Å². The second-order valence-electron chi connectivity index (χ2n) is 5.52. The Labute approximate surface area is 115 Å². The lowest BCUT2D eigenvalue weighted by atomic mass is 9.86. The molecule has 2 rings (SSSR count). The molecule has 1 aliphatic rings. The van der Waals surface area contributed by atoms with Crippen molar-refractivity contribution in [2.75, 3.05) is 19.1 Å². The molecule has 3 nitrogen and oxygen atoms in total. The van der Waals surface area contributed by atoms with Crippen LogP contribution in [0.2, 0.25) is 0 Å². The molecule has 0 atom stereocenters. The Kier molecular flexibility index (Phi) is 4.31. The van der Waals surface area contributed by atoms with Gasteiger partial charge in [-0.15, -0.1) is 0 Å². The largest absolute Gasteiger partial charge is 0.497 e. The van der Waals surface area contributed by atoms with Crippen molar-refractivity contribution in [2.24, 2.45) is 5.92 Å². The van der Waals surface area contributed by atoms with E-state index in [4.69, 9.17) is 4.74 Å². The van der Waals surface area contributed by atoms with E-state index in [1.807, 2.05) is 18.2 Å². The predicted octanol–water partition coefficient (Wildman–Crippen LogP) is 3.58. The zero-order chi connectivity index (χ0) is 13.8. The van der Waals surface area contributed by atoms with E-state index in [9.17, 15) is 5.26 Å². The van der Waals surface area contributed by atoms with E-state index in [0.717, 1.165) is 22.9 Å². The van der Waals surface area contributed by atoms with Gasteiger partial charge in [-0.2, -0.15) is 5.26 Å². The Morgan fingerprint density at radius 2 is 1.95 bits per heavy atom. The summed E-state index contributed by atoms with van der Waals surface area (Å²) in [5.74, 6) is 1.65. The number of benzene rings is 1. The van der Waals surface area contributed by atoms with Crippen LogP contribution in [0.4, 0.5) is 5.69 Å². The molecule has 0 saturated heterocycles. The number of ether oxygens (including phenoxy) is 1. The van der Waals surface area contributed by atoms with E-state index < -0.39 is 0 Å². The van der Waals surface area contributed by atoms with Crippen molar-refractivity contribution in [3.05, 3.63) is 23.8 Å². The summed E-state index contributed by atoms with van der Waals surface area (Å²) in [7, 11) is 3.75. The lowest BCUT2D eigenvalue weighted by Crippen LogP contribution is -2.35. The summed E-state index contributed by atoms with van der Waals surface area (Å²) in [6.45, 7) is 2.32. The van der Waals surface area contributed by atoms with Crippen molar-refractivity contribution in [3.8, 4) is 11.8 Å². The SMILES string of the molecule is COc1ccc(C#N)c(N(C)C2CCC(C)CC2)c1. The van der Waals surface area contributed by atoms with Crippen LogP contribution in [-0.2, 0) is 0 Å². The highest BCUT2D eigenvalue weighted by Crippen LogP contribution is 2.32. The Hall–Kier alpha value is -1.69. The first-order chi connectivity index (χ1) is 9.15. The molecular formula is C16H22N2O. The van der Waals surface area contributed by atoms with Crippen LogP contribution in [0.1, 0.15) is 38.2 Å². The molecule has 1 aromatic carbocycles. The highest BCUT2D eigenvalue weighted by atomic mass is 16.5. The first-order valence-corrected chi connectivity index (χ1v) is 6.96. The maximum atomic E-state index is 9.25. The number of rotatable bonds is 3. The number of methoxy groups -OCH3 is 1. The molecule has 0 amide bonds. The number of hydrogen-bond acceptors (Lipinski definition) is 3. The normalized spacial score (nSPS) is 22.6. The van der Waals surface area contributed by atoms with Gasteiger partial charge in [0.2, 0.25) is 0 Å². The first kappa shape index (κ1) is 13.7. The van der Waals surface area contributed by atoms with Gasteiger partial charge < -0.3 is 9.64 Å². The molecule has 1 fully saturated rings. The molecule has 0 radical (unpaired) electrons. The summed E-state index contributed by atoms with van der Waals surface area (Å²) in [4.78, 5) is 2.26. The number of hydrogen-bond donors (Lipinski definition) is 0. The van der Waals surface area contributed by atoms with Gasteiger partial charge in [0.15, 0.2) is 0 Å². The van der Waals surface area contributed by atoms with Gasteiger partial charge in [-0.25, -0.2) is 0 Å². The maximum absolute atomic E-state index is 9.25. The van der Waals surface area contributed by atoms with Crippen molar-refractivity contribution >= 4 is 5.69 Å². The van der Waals surface area contributed by atoms with Gasteiger partial charge in [-0.1, -0.05) is 6.92 Å². The molecule has 0 spiro atoms. The summed E-state index contributed by atoms with van der Waals surface area (Å²) in [6, 6.07) is 8.47. The van der Waals surface area contributed by atoms with Gasteiger partial charge in [-0.05, 0) is 43.7 Å². The molecule has 3 heteroatoms. The van der Waals surface area contributed by atoms with Crippen LogP contribution in [-0.4, -0.2) is 20.2 Å². The molecule has 1 saturated carbocycles. The van der Waals surface area contributed by atoms with Crippen LogP contribution >= 0.6 is 0 Å². The van der Waals surface area contributed by atoms with Crippen molar-refractivity contribution in [1.82, 2.24) is 0 Å². The maximum Gasteiger partial charge on any atom is 0.121 e. The van der Waals surface area contributed by atoms with Crippen molar-refractivity contribution in [2.45, 2.75) is 38.6 Å². The monoisotopic (exact) mass is 258 g/mol. The van der Waals surface area contributed by atoms with Gasteiger partial charge >= 0.3 is 0 Å². The third kappa shape index (κ3) is 3.01. The van der Waals surface area contributed by atoms with Crippen LogP contribution in [0.25, 0.3) is 0 Å². The van der Waals surface area contributed by atoms with Crippen molar-refractivity contribution in [3.63, 3.8) is 0 Å². The second kappa shape index (κ2) is 5.97. The highest BCUT2D eigenvalue weighted by Gasteiger charge is 2.23. The average molecular weight is 258 g/mol. The van der Waals surface area contributed by atoms with Gasteiger partial charge in [0, 0.05) is 19.2 Å². The minimum Gasteiger partial charge on any atom is -0.497 e. The molecule has 1 aliphatic carbocycles. The topological polar surface area (TPSA) is 36.3 Å². The number of nitriles is 1. The van der Waals surface area contributed by atoms with Crippen LogP contribution in [0, 0.1) is 17.2 Å². The second-order valence-corrected chi connectivity index (χ2v) is 5.52. The molecule has 0 aliphatic heterocycles. The number of anilines is 1. The van der Waals surface area contributed by atoms with Crippen LogP contribution in [0.5, 0.6) is 5.75 Å². The zero-order valence-electron chi connectivity index (χ0n) is 12.0. The Morgan fingerprint density at radius 1 is 1.26 bits per heavy atom. The fraction of sp³-hybridized carbons (Fsp3) is 0.562. The molecule has 0 aromatic heterocycles. The van der Waals surface area contributed by atoms with E-state index in [1.54, 1.807) is 7.11 Å². The summed E-state index contributed by atoms with van der Waals surface area (Å²) in [6.07, 6.45) is 4.97. The Balaban J connectivity index is 2.22. The average Bonchev–Trinajstić information content (AvgIpc) is 2.46. The standard InChI is InChI=1S/C16H22N2O/c1-12-4-7-14(8-5-12)18(2)16-10-15(19-3)9-6-13(16)11-17/h6,9-10,12,14H,4-5,7-8H2,1-3H3. The van der Waals surface area contributed by atoms with Crippen LogP contribution in [0.3, 0.4) is 0 Å². The predicted molar refractivity (Wildman–Crippen MR) is 77.5 cm³/mol. The van der Waals surface area contributed by atoms with Crippen molar-refractivity contribution < 1.29 is 4.74 Å². The van der Waals surface area contributed by atoms with E-state index in [2.05, 4.69) is 24.9 Å². The Morgan fingerprint density at radius 3 is 2.53 bits per heavy atom. The molecule has 0 heterocycles. The lowest BCUT2D eigenvalue weighted by molar-refractivity contribution is 0.340. The molecule has 0 N–H and O–H groups in total. The molecule has 0 unspecified atom stereocenters. The molecular weight excluding hydrogens is 236 g/mol. The van der Waals surface area contributed by atoms with Crippen LogP contribution in [0.15, 0.2) is 18.2 Å². The summed E-state index contributed by atoms with van der Waals surface area (Å²) < 4.78 is 5.27. The van der Waals surface area contributed by atoms with Gasteiger partial charge in [0.1, 0.15) is 11.8 Å². The molecule has 19 heavy (non-hydrogen) atoms. The lowest BCUT2D eigenvalue weighted by Gasteiger charge is -2.35. The summed E-state index contributed by atoms with van der Waals surface area (Å²) in [5.41, 5.74) is 1.71. The van der Waals surface area contributed by atoms with Gasteiger partial charge in [0.05, 0.1) is 18.4 Å². The van der Waals surface area contributed by atoms with E-state index in [0.29, 0.717) is 6.04 Å². The third-order valence-electron chi connectivity index (χ3n) is 4.24. The zero-order valence-corrected chi connectivity index (χ0v) is 12.0. The molecule has 102 valence electrons. The summed E-state index contributed by atoms with van der Waals surface area (Å²) in [5, 5.41) is 9.25. The van der Waals surface area contributed by atoms with E-state index in [1.165, 1.54) is 25.7 Å². The van der Waals surface area contributed by atoms with E-state index >= 15 is 0 Å². The number of nitrogens with zero attached hydrogens (tertiary/aromatic N) is 2.